The van der Waals surface area contributed by atoms with Crippen LogP contribution in [0.2, 0.25) is 0 Å². The Bertz CT molecular complexity index is 596. The lowest BCUT2D eigenvalue weighted by atomic mass is 10.1. The zero-order chi connectivity index (χ0) is 13.8. The molecule has 0 bridgehead atoms. The second kappa shape index (κ2) is 5.49. The second-order valence-electron chi connectivity index (χ2n) is 4.07. The van der Waals surface area contributed by atoms with Gasteiger partial charge in [0.25, 0.3) is 5.69 Å². The van der Waals surface area contributed by atoms with Crippen molar-refractivity contribution in [2.24, 2.45) is 0 Å². The molecular formula is C14H13NO4. The van der Waals surface area contributed by atoms with Gasteiger partial charge in [-0.3, -0.25) is 10.1 Å². The van der Waals surface area contributed by atoms with E-state index in [1.54, 1.807) is 43.3 Å². The molecule has 0 aliphatic heterocycles. The normalized spacial score (nSPS) is 11.9. The molecule has 0 amide bonds. The molecule has 0 fully saturated rings. The van der Waals surface area contributed by atoms with Crippen molar-refractivity contribution in [3.05, 3.63) is 64.2 Å². The van der Waals surface area contributed by atoms with Crippen LogP contribution < -0.4 is 4.74 Å². The molecule has 0 aliphatic carbocycles. The van der Waals surface area contributed by atoms with Gasteiger partial charge in [0, 0.05) is 11.6 Å². The minimum absolute atomic E-state index is 0.0352. The van der Waals surface area contributed by atoms with Crippen molar-refractivity contribution < 1.29 is 14.8 Å². The first-order valence-corrected chi connectivity index (χ1v) is 5.77. The van der Waals surface area contributed by atoms with Crippen LogP contribution in [0, 0.1) is 10.1 Å². The average Bonchev–Trinajstić information content (AvgIpc) is 2.39. The first-order valence-electron chi connectivity index (χ1n) is 5.77. The number of ether oxygens (including phenoxy) is 1. The molecule has 0 radical (unpaired) electrons. The van der Waals surface area contributed by atoms with E-state index in [4.69, 9.17) is 4.74 Å². The first kappa shape index (κ1) is 13.0. The highest BCUT2D eigenvalue weighted by atomic mass is 16.6. The van der Waals surface area contributed by atoms with Gasteiger partial charge in [-0.05, 0) is 19.1 Å². The molecule has 98 valence electrons. The van der Waals surface area contributed by atoms with Crippen LogP contribution in [0.25, 0.3) is 0 Å². The minimum Gasteiger partial charge on any atom is -0.457 e. The number of hydrogen-bond donors (Lipinski definition) is 1. The largest absolute Gasteiger partial charge is 0.457 e. The van der Waals surface area contributed by atoms with Crippen molar-refractivity contribution in [2.75, 3.05) is 0 Å². The summed E-state index contributed by atoms with van der Waals surface area (Å²) in [7, 11) is 0. The number of nitrogens with zero attached hydrogens (tertiary/aromatic N) is 1. The Labute approximate surface area is 110 Å². The smallest absolute Gasteiger partial charge is 0.273 e. The summed E-state index contributed by atoms with van der Waals surface area (Å²) >= 11 is 0. The van der Waals surface area contributed by atoms with Crippen LogP contribution in [0.15, 0.2) is 48.5 Å². The number of hydrogen-bond acceptors (Lipinski definition) is 4. The Balaban J connectivity index is 2.31. The molecule has 0 spiro atoms. The summed E-state index contributed by atoms with van der Waals surface area (Å²) < 4.78 is 5.60. The summed E-state index contributed by atoms with van der Waals surface area (Å²) in [4.78, 5) is 10.2. The molecular weight excluding hydrogens is 246 g/mol. The quantitative estimate of drug-likeness (QED) is 0.674. The fourth-order valence-electron chi connectivity index (χ4n) is 1.71. The Morgan fingerprint density at radius 2 is 1.95 bits per heavy atom. The fourth-order valence-corrected chi connectivity index (χ4v) is 1.71. The molecule has 1 N–H and O–H groups in total. The van der Waals surface area contributed by atoms with Gasteiger partial charge in [-0.2, -0.15) is 0 Å². The molecule has 0 saturated carbocycles. The monoisotopic (exact) mass is 259 g/mol. The van der Waals surface area contributed by atoms with E-state index < -0.39 is 11.0 Å². The van der Waals surface area contributed by atoms with Crippen LogP contribution in [0.3, 0.4) is 0 Å². The molecule has 0 saturated heterocycles. The minimum atomic E-state index is -0.671. The van der Waals surface area contributed by atoms with E-state index in [-0.39, 0.29) is 5.69 Å². The molecule has 5 nitrogen and oxygen atoms in total. The zero-order valence-electron chi connectivity index (χ0n) is 10.3. The fraction of sp³-hybridized carbons (Fsp3) is 0.143. The van der Waals surface area contributed by atoms with Crippen molar-refractivity contribution in [3.8, 4) is 11.5 Å². The number of nitro groups is 1. The Hall–Kier alpha value is -2.40. The lowest BCUT2D eigenvalue weighted by molar-refractivity contribution is -0.384. The van der Waals surface area contributed by atoms with E-state index in [1.807, 2.05) is 0 Å². The van der Waals surface area contributed by atoms with E-state index in [0.29, 0.717) is 17.1 Å². The average molecular weight is 259 g/mol. The summed E-state index contributed by atoms with van der Waals surface area (Å²) in [5, 5.41) is 20.3. The van der Waals surface area contributed by atoms with Crippen LogP contribution >= 0.6 is 0 Å². The van der Waals surface area contributed by atoms with E-state index in [0.717, 1.165) is 0 Å². The Morgan fingerprint density at radius 1 is 1.21 bits per heavy atom. The van der Waals surface area contributed by atoms with E-state index in [9.17, 15) is 15.2 Å². The van der Waals surface area contributed by atoms with Crippen LogP contribution in [-0.2, 0) is 0 Å². The van der Waals surface area contributed by atoms with Crippen LogP contribution in [0.4, 0.5) is 5.69 Å². The number of aliphatic hydroxyl groups is 1. The SMILES string of the molecule is C[C@@H](O)c1ccccc1Oc1cccc([N+](=O)[O-])c1. The molecule has 0 heterocycles. The predicted molar refractivity (Wildman–Crippen MR) is 70.2 cm³/mol. The highest BCUT2D eigenvalue weighted by Gasteiger charge is 2.11. The summed E-state index contributed by atoms with van der Waals surface area (Å²) in [6.07, 6.45) is -0.671. The number of para-hydroxylation sites is 1. The lowest BCUT2D eigenvalue weighted by Gasteiger charge is -2.12. The Kier molecular flexibility index (Phi) is 3.77. The molecule has 19 heavy (non-hydrogen) atoms. The molecule has 2 aromatic rings. The van der Waals surface area contributed by atoms with E-state index >= 15 is 0 Å². The van der Waals surface area contributed by atoms with Crippen LogP contribution in [-0.4, -0.2) is 10.0 Å². The van der Waals surface area contributed by atoms with Gasteiger partial charge >= 0.3 is 0 Å². The topological polar surface area (TPSA) is 72.6 Å². The number of aliphatic hydroxyl groups excluding tert-OH is 1. The summed E-state index contributed by atoms with van der Waals surface area (Å²) in [6, 6.07) is 13.0. The summed E-state index contributed by atoms with van der Waals surface area (Å²) in [5.74, 6) is 0.847. The third-order valence-electron chi connectivity index (χ3n) is 2.63. The first-order chi connectivity index (χ1) is 9.08. The molecule has 2 aromatic carbocycles. The maximum absolute atomic E-state index is 10.7. The maximum Gasteiger partial charge on any atom is 0.273 e. The van der Waals surface area contributed by atoms with Gasteiger partial charge in [0.1, 0.15) is 11.5 Å². The van der Waals surface area contributed by atoms with Gasteiger partial charge in [0.15, 0.2) is 0 Å². The number of non-ortho nitro benzene ring substituents is 1. The second-order valence-corrected chi connectivity index (χ2v) is 4.07. The Morgan fingerprint density at radius 3 is 2.63 bits per heavy atom. The molecule has 0 aliphatic rings. The van der Waals surface area contributed by atoms with Gasteiger partial charge < -0.3 is 9.84 Å². The molecule has 0 unspecified atom stereocenters. The maximum atomic E-state index is 10.7. The van der Waals surface area contributed by atoms with E-state index in [2.05, 4.69) is 0 Å². The standard InChI is InChI=1S/C14H13NO4/c1-10(16)13-7-2-3-8-14(13)19-12-6-4-5-11(9-12)15(17)18/h2-10,16H,1H3/t10-/m1/s1. The van der Waals surface area contributed by atoms with Gasteiger partial charge in [-0.1, -0.05) is 24.3 Å². The van der Waals surface area contributed by atoms with Crippen molar-refractivity contribution >= 4 is 5.69 Å². The number of benzene rings is 2. The van der Waals surface area contributed by atoms with Gasteiger partial charge in [-0.25, -0.2) is 0 Å². The van der Waals surface area contributed by atoms with Crippen molar-refractivity contribution in [2.45, 2.75) is 13.0 Å². The van der Waals surface area contributed by atoms with E-state index in [1.165, 1.54) is 12.1 Å². The highest BCUT2D eigenvalue weighted by Crippen LogP contribution is 2.30. The lowest BCUT2D eigenvalue weighted by Crippen LogP contribution is -1.96. The van der Waals surface area contributed by atoms with Crippen molar-refractivity contribution in [1.29, 1.82) is 0 Å². The van der Waals surface area contributed by atoms with Gasteiger partial charge in [0.2, 0.25) is 0 Å². The predicted octanol–water partition coefficient (Wildman–Crippen LogP) is 3.44. The number of rotatable bonds is 4. The molecule has 0 aromatic heterocycles. The van der Waals surface area contributed by atoms with Crippen molar-refractivity contribution in [3.63, 3.8) is 0 Å². The summed E-state index contributed by atoms with van der Waals surface area (Å²) in [5.41, 5.74) is 0.598. The highest BCUT2D eigenvalue weighted by molar-refractivity contribution is 5.43. The van der Waals surface area contributed by atoms with Gasteiger partial charge in [-0.15, -0.1) is 0 Å². The molecule has 2 rings (SSSR count). The van der Waals surface area contributed by atoms with Crippen LogP contribution in [0.5, 0.6) is 11.5 Å². The third-order valence-corrected chi connectivity index (χ3v) is 2.63. The molecule has 5 heteroatoms. The molecule has 1 atom stereocenters. The third kappa shape index (κ3) is 3.08. The summed E-state index contributed by atoms with van der Waals surface area (Å²) in [6.45, 7) is 1.63. The number of nitro benzene ring substituents is 1. The van der Waals surface area contributed by atoms with Gasteiger partial charge in [0.05, 0.1) is 17.1 Å². The van der Waals surface area contributed by atoms with Crippen LogP contribution in [0.1, 0.15) is 18.6 Å². The van der Waals surface area contributed by atoms with Crippen molar-refractivity contribution in [1.82, 2.24) is 0 Å². The zero-order valence-corrected chi connectivity index (χ0v) is 10.3.